The zero-order chi connectivity index (χ0) is 11.5. The molecule has 0 aliphatic heterocycles. The Morgan fingerprint density at radius 3 is 3.25 bits per heavy atom. The second-order valence-corrected chi connectivity index (χ2v) is 4.13. The number of carbonyl (C=O) groups is 1. The molecule has 1 aromatic rings. The van der Waals surface area contributed by atoms with E-state index < -0.39 is 6.10 Å². The van der Waals surface area contributed by atoms with Gasteiger partial charge in [-0.1, -0.05) is 0 Å². The summed E-state index contributed by atoms with van der Waals surface area (Å²) in [6.07, 6.45) is 4.27. The lowest BCUT2D eigenvalue weighted by molar-refractivity contribution is -0.130. The van der Waals surface area contributed by atoms with Crippen molar-refractivity contribution in [3.63, 3.8) is 0 Å². The average molecular weight is 223 g/mol. The van der Waals surface area contributed by atoms with Crippen LogP contribution in [0.4, 0.5) is 0 Å². The smallest absolute Gasteiger partial charge is 0.249 e. The van der Waals surface area contributed by atoms with Gasteiger partial charge in [0.05, 0.1) is 12.3 Å². The van der Waals surface area contributed by atoms with Gasteiger partial charge in [0.15, 0.2) is 0 Å². The number of rotatable bonds is 3. The number of hydrogen-bond acceptors (Lipinski definition) is 3. The van der Waals surface area contributed by atoms with Crippen LogP contribution in [0.3, 0.4) is 0 Å². The predicted octanol–water partition coefficient (Wildman–Crippen LogP) is 1.81. The van der Waals surface area contributed by atoms with Crippen LogP contribution in [-0.2, 0) is 16.0 Å². The molecular weight excluding hydrogens is 206 g/mol. The van der Waals surface area contributed by atoms with Crippen LogP contribution in [0, 0.1) is 0 Å². The Hall–Kier alpha value is -1.29. The first kappa shape index (κ1) is 11.2. The van der Waals surface area contributed by atoms with Crippen LogP contribution in [0.15, 0.2) is 16.7 Å². The molecule has 4 nitrogen and oxygen atoms in total. The maximum atomic E-state index is 11.7. The highest BCUT2D eigenvalue weighted by Gasteiger charge is 2.25. The van der Waals surface area contributed by atoms with Crippen LogP contribution < -0.4 is 5.32 Å². The van der Waals surface area contributed by atoms with Crippen LogP contribution in [0.1, 0.15) is 37.1 Å². The van der Waals surface area contributed by atoms with E-state index >= 15 is 0 Å². The Bertz CT molecular complexity index is 372. The Morgan fingerprint density at radius 2 is 2.50 bits per heavy atom. The minimum absolute atomic E-state index is 0.0680. The highest BCUT2D eigenvalue weighted by molar-refractivity contribution is 5.80. The van der Waals surface area contributed by atoms with Gasteiger partial charge in [-0.05, 0) is 25.8 Å². The summed E-state index contributed by atoms with van der Waals surface area (Å²) < 4.78 is 10.4. The molecule has 0 spiro atoms. The van der Waals surface area contributed by atoms with Crippen molar-refractivity contribution in [2.45, 2.75) is 38.3 Å². The van der Waals surface area contributed by atoms with Gasteiger partial charge in [-0.15, -0.1) is 0 Å². The van der Waals surface area contributed by atoms with Crippen LogP contribution in [0.25, 0.3) is 0 Å². The van der Waals surface area contributed by atoms with E-state index in [0.29, 0.717) is 0 Å². The van der Waals surface area contributed by atoms with Crippen molar-refractivity contribution in [1.82, 2.24) is 5.32 Å². The maximum Gasteiger partial charge on any atom is 0.249 e. The van der Waals surface area contributed by atoms with E-state index in [4.69, 9.17) is 9.15 Å². The maximum absolute atomic E-state index is 11.7. The number of amides is 1. The van der Waals surface area contributed by atoms with Crippen molar-refractivity contribution in [3.8, 4) is 0 Å². The van der Waals surface area contributed by atoms with Gasteiger partial charge >= 0.3 is 0 Å². The lowest BCUT2D eigenvalue weighted by atomic mass is 9.93. The monoisotopic (exact) mass is 223 g/mol. The summed E-state index contributed by atoms with van der Waals surface area (Å²) in [5.41, 5.74) is 1.11. The Morgan fingerprint density at radius 1 is 1.69 bits per heavy atom. The number of carbonyl (C=O) groups excluding carboxylic acids is 1. The van der Waals surface area contributed by atoms with E-state index in [1.165, 1.54) is 7.11 Å². The fourth-order valence-corrected chi connectivity index (χ4v) is 2.03. The Balaban J connectivity index is 2.05. The van der Waals surface area contributed by atoms with Gasteiger partial charge in [0.2, 0.25) is 5.91 Å². The first-order valence-electron chi connectivity index (χ1n) is 5.62. The molecule has 1 N–H and O–H groups in total. The standard InChI is InChI=1S/C12H17NO3/c1-8(15-2)12(14)13-10-4-3-5-11-9(10)6-7-16-11/h6-8,10H,3-5H2,1-2H3,(H,13,14). The molecule has 2 unspecified atom stereocenters. The van der Waals surface area contributed by atoms with Crippen LogP contribution >= 0.6 is 0 Å². The molecule has 1 amide bonds. The summed E-state index contributed by atoms with van der Waals surface area (Å²) >= 11 is 0. The van der Waals surface area contributed by atoms with Crippen LogP contribution in [0.2, 0.25) is 0 Å². The first-order valence-corrected chi connectivity index (χ1v) is 5.62. The number of aryl methyl sites for hydroxylation is 1. The molecule has 0 aromatic carbocycles. The quantitative estimate of drug-likeness (QED) is 0.850. The van der Waals surface area contributed by atoms with Crippen LogP contribution in [-0.4, -0.2) is 19.1 Å². The zero-order valence-electron chi connectivity index (χ0n) is 9.66. The summed E-state index contributed by atoms with van der Waals surface area (Å²) in [5.74, 6) is 0.933. The summed E-state index contributed by atoms with van der Waals surface area (Å²) in [6, 6.07) is 2.02. The van der Waals surface area contributed by atoms with E-state index in [1.807, 2.05) is 6.07 Å². The van der Waals surface area contributed by atoms with E-state index in [-0.39, 0.29) is 11.9 Å². The van der Waals surface area contributed by atoms with Crippen molar-refractivity contribution in [2.75, 3.05) is 7.11 Å². The van der Waals surface area contributed by atoms with E-state index in [2.05, 4.69) is 5.32 Å². The van der Waals surface area contributed by atoms with Gasteiger partial charge in [-0.3, -0.25) is 4.79 Å². The zero-order valence-corrected chi connectivity index (χ0v) is 9.66. The molecule has 1 aromatic heterocycles. The molecule has 0 fully saturated rings. The van der Waals surface area contributed by atoms with Crippen molar-refractivity contribution in [2.24, 2.45) is 0 Å². The molecule has 4 heteroatoms. The topological polar surface area (TPSA) is 51.5 Å². The second kappa shape index (κ2) is 4.70. The van der Waals surface area contributed by atoms with Gasteiger partial charge in [0.1, 0.15) is 11.9 Å². The average Bonchev–Trinajstić information content (AvgIpc) is 2.77. The number of nitrogens with one attached hydrogen (secondary N) is 1. The van der Waals surface area contributed by atoms with Gasteiger partial charge in [-0.25, -0.2) is 0 Å². The Kier molecular flexibility index (Phi) is 3.29. The fraction of sp³-hybridized carbons (Fsp3) is 0.583. The lowest BCUT2D eigenvalue weighted by Crippen LogP contribution is -2.37. The molecule has 0 bridgehead atoms. The summed E-state index contributed by atoms with van der Waals surface area (Å²) in [4.78, 5) is 11.7. The van der Waals surface area contributed by atoms with Gasteiger partial charge in [-0.2, -0.15) is 0 Å². The van der Waals surface area contributed by atoms with Crippen molar-refractivity contribution >= 4 is 5.91 Å². The molecule has 0 saturated carbocycles. The molecule has 0 radical (unpaired) electrons. The SMILES string of the molecule is COC(C)C(=O)NC1CCCc2occc21. The third kappa shape index (κ3) is 2.11. The van der Waals surface area contributed by atoms with Crippen molar-refractivity contribution in [3.05, 3.63) is 23.7 Å². The van der Waals surface area contributed by atoms with Gasteiger partial charge < -0.3 is 14.5 Å². The molecule has 88 valence electrons. The molecule has 1 aliphatic rings. The molecule has 1 heterocycles. The number of furan rings is 1. The normalized spacial score (nSPS) is 21.2. The van der Waals surface area contributed by atoms with Gasteiger partial charge in [0.25, 0.3) is 0 Å². The first-order chi connectivity index (χ1) is 7.72. The molecule has 1 aliphatic carbocycles. The molecule has 0 saturated heterocycles. The summed E-state index contributed by atoms with van der Waals surface area (Å²) in [5, 5.41) is 2.99. The highest BCUT2D eigenvalue weighted by atomic mass is 16.5. The number of ether oxygens (including phenoxy) is 1. The Labute approximate surface area is 95.0 Å². The third-order valence-corrected chi connectivity index (χ3v) is 3.09. The van der Waals surface area contributed by atoms with E-state index in [9.17, 15) is 4.79 Å². The highest BCUT2D eigenvalue weighted by Crippen LogP contribution is 2.30. The third-order valence-electron chi connectivity index (χ3n) is 3.09. The number of hydrogen-bond donors (Lipinski definition) is 1. The van der Waals surface area contributed by atoms with Crippen molar-refractivity contribution < 1.29 is 13.9 Å². The largest absolute Gasteiger partial charge is 0.469 e. The van der Waals surface area contributed by atoms with Crippen LogP contribution in [0.5, 0.6) is 0 Å². The summed E-state index contributed by atoms with van der Waals surface area (Å²) in [6.45, 7) is 1.74. The number of methoxy groups -OCH3 is 1. The molecule has 16 heavy (non-hydrogen) atoms. The summed E-state index contributed by atoms with van der Waals surface area (Å²) in [7, 11) is 1.54. The minimum atomic E-state index is -0.405. The molecular formula is C12H17NO3. The lowest BCUT2D eigenvalue weighted by Gasteiger charge is -2.24. The van der Waals surface area contributed by atoms with E-state index in [0.717, 1.165) is 30.6 Å². The second-order valence-electron chi connectivity index (χ2n) is 4.13. The number of fused-ring (bicyclic) bond motifs is 1. The van der Waals surface area contributed by atoms with Gasteiger partial charge in [0, 0.05) is 19.1 Å². The van der Waals surface area contributed by atoms with E-state index in [1.54, 1.807) is 13.2 Å². The predicted molar refractivity (Wildman–Crippen MR) is 59.0 cm³/mol. The van der Waals surface area contributed by atoms with Crippen molar-refractivity contribution in [1.29, 1.82) is 0 Å². The minimum Gasteiger partial charge on any atom is -0.469 e. The molecule has 2 rings (SSSR count). The molecule has 2 atom stereocenters. The fourth-order valence-electron chi connectivity index (χ4n) is 2.03.